The summed E-state index contributed by atoms with van der Waals surface area (Å²) < 4.78 is 0. The molecule has 0 aromatic carbocycles. The fraction of sp³-hybridized carbons (Fsp3) is 0.714. The monoisotopic (exact) mass is 1710 g/mol. The minimum Gasteiger partial charge on any atom is -0.481 e. The van der Waals surface area contributed by atoms with E-state index in [1.807, 2.05) is 0 Å². The Labute approximate surface area is 691 Å². The molecule has 0 aromatic heterocycles. The maximum Gasteiger partial charge on any atom is 0.326 e. The quantitative estimate of drug-likeness (QED) is 0.0153. The molecular weight excluding hydrogens is 1590 g/mol. The van der Waals surface area contributed by atoms with Gasteiger partial charge in [-0.3, -0.25) is 91.7 Å². The Bertz CT molecular complexity index is 3570. The summed E-state index contributed by atoms with van der Waals surface area (Å²) in [5, 5.41) is 100. The summed E-state index contributed by atoms with van der Waals surface area (Å²) in [6.07, 6.45) is -2.29. The van der Waals surface area contributed by atoms with Gasteiger partial charge in [-0.15, -0.1) is 0 Å². The Morgan fingerprint density at radius 2 is 0.773 bits per heavy atom. The number of rotatable bonds is 55. The second-order valence-corrected chi connectivity index (χ2v) is 30.3. The fourth-order valence-electron chi connectivity index (χ4n) is 12.4. The average molecular weight is 1720 g/mol. The van der Waals surface area contributed by atoms with Gasteiger partial charge in [-0.05, 0) is 128 Å². The summed E-state index contributed by atoms with van der Waals surface area (Å²) in [6.45, 7) is 5.49. The lowest BCUT2D eigenvalue weighted by Crippen LogP contribution is -2.62. The summed E-state index contributed by atoms with van der Waals surface area (Å²) in [6, 6.07) is -24.0. The molecule has 48 nitrogen and oxygen atoms in total. The largest absolute Gasteiger partial charge is 0.481 e. The van der Waals surface area contributed by atoms with Crippen LogP contribution >= 0.6 is 11.8 Å². The van der Waals surface area contributed by atoms with Gasteiger partial charge in [-0.2, -0.15) is 11.8 Å². The number of hydrogen-bond donors (Lipinski definition) is 26. The Hall–Kier alpha value is -11.0. The van der Waals surface area contributed by atoms with Crippen LogP contribution in [0.15, 0.2) is 15.0 Å². The molecule has 2 saturated heterocycles. The molecule has 0 unspecified atom stereocenters. The predicted molar refractivity (Wildman–Crippen MR) is 428 cm³/mol. The van der Waals surface area contributed by atoms with Crippen molar-refractivity contribution in [3.63, 3.8) is 0 Å². The van der Waals surface area contributed by atoms with Gasteiger partial charge in [-0.25, -0.2) is 4.79 Å². The number of carbonyl (C=O) groups excluding carboxylic acids is 14. The van der Waals surface area contributed by atoms with E-state index in [0.717, 1.165) is 16.7 Å². The molecule has 33 N–H and O–H groups in total. The van der Waals surface area contributed by atoms with Crippen molar-refractivity contribution in [1.82, 2.24) is 73.6 Å². The molecule has 0 aliphatic carbocycles. The van der Waals surface area contributed by atoms with Gasteiger partial charge < -0.3 is 149 Å². The zero-order valence-electron chi connectivity index (χ0n) is 67.8. The number of nitrogens with one attached hydrogen (secondary N) is 12. The van der Waals surface area contributed by atoms with E-state index in [-0.39, 0.29) is 133 Å². The third-order valence-corrected chi connectivity index (χ3v) is 19.2. The number of nitrogens with zero attached hydrogens (tertiary/aromatic N) is 5. The van der Waals surface area contributed by atoms with Crippen LogP contribution in [-0.2, 0) is 81.5 Å². The third kappa shape index (κ3) is 37.6. The lowest BCUT2D eigenvalue weighted by atomic mass is 10.0. The van der Waals surface area contributed by atoms with E-state index in [0.29, 0.717) is 12.8 Å². The second kappa shape index (κ2) is 53.4. The predicted octanol–water partition coefficient (Wildman–Crippen LogP) is -11.1. The summed E-state index contributed by atoms with van der Waals surface area (Å²) in [4.78, 5) is 244. The highest BCUT2D eigenvalue weighted by Gasteiger charge is 2.44. The molecule has 0 radical (unpaired) electrons. The molecule has 2 aliphatic rings. The van der Waals surface area contributed by atoms with E-state index >= 15 is 0 Å². The SMILES string of the molecule is CSCC[C@H](NC(=O)[C@H](CO)NC(=O)[C@H](CC(C)C)NC(=O)[C@H](CO)NC(=O)[C@H](CCCN=C(N)N)NC(=O)[C@@H](NC(=O)[C@@H]1CCCN1C(=O)[C@H](CO)NC(=O)[C@H](CCC(=O)O)NC(=O)[C@H](CC(C)C)NC(=O)[C@@H](N)CCCN=C(N)N)[C@@H](C)O)C(=O)N[C@@H](CC(=O)O)C(=O)N[C@@H](C)C(=O)N1CCC[C@H]1C(=O)N[C@@H](CCCN=C(N)N)C(=O)O. The van der Waals surface area contributed by atoms with Crippen LogP contribution in [0.5, 0.6) is 0 Å². The molecule has 119 heavy (non-hydrogen) atoms. The standard InChI is InChI=1S/C70H122N24O24S/c1-33(2)27-42(86-53(103)37(71)13-8-21-78-68(72)73)58(108)82-39(18-19-50(99)100)55(105)91-47(32-97)66(116)94-25-12-17-49(94)63(113)92-52(36(6)98)64(114)84-38(14-9-22-79-69(74)75)54(104)89-46(31-96)61(111)87-43(28-34(3)4)59(109)90-45(30-95)60(110)83-40(20-26-119-7)56(106)88-44(29-51(101)102)57(107)81-35(5)65(115)93-24-11-16-48(93)62(112)85-41(67(117)118)15-10-23-80-70(76)77/h33-49,52,95-98H,8-32,71H2,1-7H3,(H,81,107)(H,82,108)(H,83,110)(H,84,114)(H,85,112)(H,86,103)(H,87,111)(H,88,106)(H,89,104)(H,90,109)(H,91,105)(H,92,113)(H,99,100)(H,101,102)(H,117,118)(H4,72,73,78)(H4,74,75,79)(H4,76,77,80)/t35-,36+,37-,38-,39-,40-,41-,42-,43-,44-,45-,46-,47-,48-,49-,52-/m0/s1. The number of amides is 14. The number of aliphatic hydroxyl groups is 4. The van der Waals surface area contributed by atoms with Crippen LogP contribution < -0.4 is 104 Å². The van der Waals surface area contributed by atoms with Gasteiger partial charge in [-0.1, -0.05) is 27.7 Å². The number of carboxylic acid groups (broad SMARTS) is 3. The molecule has 49 heteroatoms. The minimum absolute atomic E-state index is 0.00919. The highest BCUT2D eigenvalue weighted by atomic mass is 32.2. The third-order valence-electron chi connectivity index (χ3n) is 18.6. The molecule has 2 fully saturated rings. The first-order chi connectivity index (χ1) is 55.9. The Morgan fingerprint density at radius 1 is 0.412 bits per heavy atom. The summed E-state index contributed by atoms with van der Waals surface area (Å²) >= 11 is 1.19. The van der Waals surface area contributed by atoms with Crippen LogP contribution in [0.1, 0.15) is 144 Å². The van der Waals surface area contributed by atoms with Gasteiger partial charge >= 0.3 is 17.9 Å². The van der Waals surface area contributed by atoms with Gasteiger partial charge in [0, 0.05) is 39.1 Å². The smallest absolute Gasteiger partial charge is 0.326 e. The highest BCUT2D eigenvalue weighted by Crippen LogP contribution is 2.22. The molecule has 2 rings (SSSR count). The minimum atomic E-state index is -1.94. The molecule has 16 atom stereocenters. The second-order valence-electron chi connectivity index (χ2n) is 29.4. The van der Waals surface area contributed by atoms with Crippen LogP contribution in [0.3, 0.4) is 0 Å². The van der Waals surface area contributed by atoms with Crippen LogP contribution in [0.2, 0.25) is 0 Å². The van der Waals surface area contributed by atoms with E-state index in [1.165, 1.54) is 18.7 Å². The van der Waals surface area contributed by atoms with Crippen molar-refractivity contribution in [2.24, 2.45) is 66.9 Å². The van der Waals surface area contributed by atoms with Crippen LogP contribution in [0.4, 0.5) is 0 Å². The van der Waals surface area contributed by atoms with Crippen molar-refractivity contribution in [3.05, 3.63) is 0 Å². The van der Waals surface area contributed by atoms with E-state index in [4.69, 9.17) is 40.1 Å². The van der Waals surface area contributed by atoms with Crippen molar-refractivity contribution < 1.29 is 117 Å². The summed E-state index contributed by atoms with van der Waals surface area (Å²) in [7, 11) is 0. The lowest BCUT2D eigenvalue weighted by molar-refractivity contribution is -0.145. The highest BCUT2D eigenvalue weighted by molar-refractivity contribution is 7.98. The van der Waals surface area contributed by atoms with Gasteiger partial charge in [0.2, 0.25) is 82.7 Å². The fourth-order valence-corrected chi connectivity index (χ4v) is 12.9. The number of aliphatic carboxylic acids is 3. The number of aliphatic hydroxyl groups excluding tert-OH is 4. The van der Waals surface area contributed by atoms with E-state index < -0.39 is 242 Å². The normalized spacial score (nSPS) is 17.2. The summed E-state index contributed by atoms with van der Waals surface area (Å²) in [5.74, 6) is -20.5. The Balaban J connectivity index is 2.34. The molecule has 672 valence electrons. The van der Waals surface area contributed by atoms with Crippen molar-refractivity contribution in [2.45, 2.75) is 241 Å². The van der Waals surface area contributed by atoms with Crippen molar-refractivity contribution >= 4 is 130 Å². The van der Waals surface area contributed by atoms with Gasteiger partial charge in [0.05, 0.1) is 38.4 Å². The number of carbonyl (C=O) groups is 17. The first-order valence-corrected chi connectivity index (χ1v) is 40.1. The number of aliphatic imine (C=N–C) groups is 3. The maximum absolute atomic E-state index is 14.3. The molecule has 0 aromatic rings. The van der Waals surface area contributed by atoms with E-state index in [2.05, 4.69) is 78.8 Å². The van der Waals surface area contributed by atoms with Crippen LogP contribution in [0.25, 0.3) is 0 Å². The zero-order valence-corrected chi connectivity index (χ0v) is 68.6. The van der Waals surface area contributed by atoms with Crippen LogP contribution in [-0.4, -0.2) is 325 Å². The molecule has 0 saturated carbocycles. The lowest BCUT2D eigenvalue weighted by Gasteiger charge is -2.31. The summed E-state index contributed by atoms with van der Waals surface area (Å²) in [5.41, 5.74) is 38.4. The van der Waals surface area contributed by atoms with E-state index in [9.17, 15) is 117 Å². The molecule has 2 aliphatic heterocycles. The van der Waals surface area contributed by atoms with E-state index in [1.54, 1.807) is 34.0 Å². The van der Waals surface area contributed by atoms with Crippen molar-refractivity contribution in [1.29, 1.82) is 0 Å². The molecule has 0 spiro atoms. The van der Waals surface area contributed by atoms with Crippen molar-refractivity contribution in [3.8, 4) is 0 Å². The number of guanidine groups is 3. The molecular formula is C70H122N24O24S. The number of nitrogens with two attached hydrogens (primary N) is 7. The Kier molecular flexibility index (Phi) is 46.7. The topological polar surface area (TPSA) is 802 Å². The Morgan fingerprint density at radius 3 is 1.19 bits per heavy atom. The van der Waals surface area contributed by atoms with Gasteiger partial charge in [0.1, 0.15) is 84.6 Å². The van der Waals surface area contributed by atoms with Crippen LogP contribution in [0, 0.1) is 11.8 Å². The zero-order chi connectivity index (χ0) is 90.1. The maximum atomic E-state index is 14.3. The molecule has 0 bridgehead atoms. The molecule has 14 amide bonds. The van der Waals surface area contributed by atoms with Gasteiger partial charge in [0.25, 0.3) is 0 Å². The number of carboxylic acids is 3. The first-order valence-electron chi connectivity index (χ1n) is 38.7. The molecule has 2 heterocycles. The number of thioether (sulfide) groups is 1. The van der Waals surface area contributed by atoms with Gasteiger partial charge in [0.15, 0.2) is 17.9 Å². The number of likely N-dealkylation sites (tertiary alicyclic amines) is 2. The number of hydrogen-bond acceptors (Lipinski definition) is 26. The average Bonchev–Trinajstić information content (AvgIpc) is 1.73. The van der Waals surface area contributed by atoms with Crippen molar-refractivity contribution in [2.75, 3.05) is 64.6 Å². The first kappa shape index (κ1) is 104.